The molecule has 0 fully saturated rings. The molecular formula is C31H43O6P. The Morgan fingerprint density at radius 2 is 0.974 bits per heavy atom. The summed E-state index contributed by atoms with van der Waals surface area (Å²) in [4.78, 5) is 0. The SMILES string of the molecule is COCC(CCC(C)C)(COC)C(C)C.O=P(Oc1ccccc1)(Oc1ccccc1)Oc1ccccc1. The number of hydrogen-bond acceptors (Lipinski definition) is 6. The lowest BCUT2D eigenvalue weighted by atomic mass is 9.74. The first-order chi connectivity index (χ1) is 18.2. The van der Waals surface area contributed by atoms with Gasteiger partial charge in [-0.3, -0.25) is 0 Å². The number of phosphoric ester groups is 1. The molecule has 0 spiro atoms. The number of ether oxygens (including phenoxy) is 2. The van der Waals surface area contributed by atoms with Crippen molar-refractivity contribution in [2.24, 2.45) is 17.3 Å². The Labute approximate surface area is 228 Å². The molecule has 0 atom stereocenters. The molecule has 0 aliphatic heterocycles. The summed E-state index contributed by atoms with van der Waals surface area (Å²) in [6.45, 7) is 10.7. The van der Waals surface area contributed by atoms with Crippen LogP contribution in [0.3, 0.4) is 0 Å². The van der Waals surface area contributed by atoms with Gasteiger partial charge in [0.25, 0.3) is 0 Å². The van der Waals surface area contributed by atoms with E-state index in [0.717, 1.165) is 19.1 Å². The fraction of sp³-hybridized carbons (Fsp3) is 0.419. The smallest absolute Gasteiger partial charge is 0.386 e. The van der Waals surface area contributed by atoms with Crippen LogP contribution in [-0.4, -0.2) is 27.4 Å². The van der Waals surface area contributed by atoms with E-state index in [1.54, 1.807) is 87.0 Å². The van der Waals surface area contributed by atoms with Gasteiger partial charge < -0.3 is 23.0 Å². The first kappa shape index (κ1) is 31.4. The van der Waals surface area contributed by atoms with Crippen LogP contribution in [0, 0.1) is 17.3 Å². The van der Waals surface area contributed by atoms with E-state index < -0.39 is 7.82 Å². The van der Waals surface area contributed by atoms with Crippen LogP contribution < -0.4 is 13.6 Å². The van der Waals surface area contributed by atoms with E-state index in [4.69, 9.17) is 23.0 Å². The van der Waals surface area contributed by atoms with Gasteiger partial charge in [0.15, 0.2) is 0 Å². The third kappa shape index (κ3) is 10.9. The standard InChI is InChI=1S/C18H15O4P.C13H28O2/c19-23(20-16-10-4-1-5-11-16,21-17-12-6-2-7-13-17)22-18-14-8-3-9-15-18;1-11(2)7-8-13(9-14-5,10-15-6)12(3)4/h1-15H;11-12H,7-10H2,1-6H3. The van der Waals surface area contributed by atoms with E-state index in [9.17, 15) is 4.57 Å². The highest BCUT2D eigenvalue weighted by Gasteiger charge is 2.34. The van der Waals surface area contributed by atoms with Gasteiger partial charge in [-0.1, -0.05) is 88.7 Å². The summed E-state index contributed by atoms with van der Waals surface area (Å²) in [5.41, 5.74) is 0.188. The van der Waals surface area contributed by atoms with Crippen LogP contribution in [0.4, 0.5) is 0 Å². The minimum atomic E-state index is -3.89. The first-order valence-electron chi connectivity index (χ1n) is 13.0. The maximum Gasteiger partial charge on any atom is 0.647 e. The summed E-state index contributed by atoms with van der Waals surface area (Å²) in [5, 5.41) is 0. The predicted octanol–water partition coefficient (Wildman–Crippen LogP) is 8.69. The van der Waals surface area contributed by atoms with Crippen molar-refractivity contribution in [3.63, 3.8) is 0 Å². The van der Waals surface area contributed by atoms with E-state index in [0.29, 0.717) is 23.2 Å². The first-order valence-corrected chi connectivity index (χ1v) is 14.5. The number of methoxy groups -OCH3 is 2. The predicted molar refractivity (Wildman–Crippen MR) is 154 cm³/mol. The molecule has 0 unspecified atom stereocenters. The summed E-state index contributed by atoms with van der Waals surface area (Å²) < 4.78 is 40.4. The van der Waals surface area contributed by atoms with Gasteiger partial charge in [-0.15, -0.1) is 0 Å². The number of hydrogen-bond donors (Lipinski definition) is 0. The Morgan fingerprint density at radius 1 is 0.632 bits per heavy atom. The van der Waals surface area contributed by atoms with Crippen molar-refractivity contribution >= 4 is 7.82 Å². The zero-order valence-electron chi connectivity index (χ0n) is 23.5. The topological polar surface area (TPSA) is 63.2 Å². The maximum atomic E-state index is 13.1. The van der Waals surface area contributed by atoms with Crippen molar-refractivity contribution in [2.45, 2.75) is 40.5 Å². The Morgan fingerprint density at radius 3 is 1.24 bits per heavy atom. The third-order valence-corrected chi connectivity index (χ3v) is 7.49. The molecule has 0 saturated heterocycles. The normalized spacial score (nSPS) is 11.6. The highest BCUT2D eigenvalue weighted by molar-refractivity contribution is 7.49. The molecule has 0 saturated carbocycles. The van der Waals surface area contributed by atoms with Gasteiger partial charge >= 0.3 is 7.82 Å². The molecule has 3 rings (SSSR count). The summed E-state index contributed by atoms with van der Waals surface area (Å²) >= 11 is 0. The molecule has 0 N–H and O–H groups in total. The van der Waals surface area contributed by atoms with Gasteiger partial charge in [0.2, 0.25) is 0 Å². The summed E-state index contributed by atoms with van der Waals surface area (Å²) in [5.74, 6) is 2.56. The monoisotopic (exact) mass is 542 g/mol. The Hall–Kier alpha value is -2.79. The highest BCUT2D eigenvalue weighted by Crippen LogP contribution is 2.49. The molecule has 6 nitrogen and oxygen atoms in total. The minimum Gasteiger partial charge on any atom is -0.386 e. The van der Waals surface area contributed by atoms with Crippen molar-refractivity contribution in [3.8, 4) is 17.2 Å². The highest BCUT2D eigenvalue weighted by atomic mass is 31.2. The van der Waals surface area contributed by atoms with Gasteiger partial charge in [-0.05, 0) is 54.7 Å². The number of benzene rings is 3. The summed E-state index contributed by atoms with van der Waals surface area (Å²) in [7, 11) is -0.325. The Balaban J connectivity index is 0.000000296. The van der Waals surface area contributed by atoms with Crippen molar-refractivity contribution in [1.29, 1.82) is 0 Å². The van der Waals surface area contributed by atoms with E-state index in [2.05, 4.69) is 27.7 Å². The average Bonchev–Trinajstić information content (AvgIpc) is 2.89. The quantitative estimate of drug-likeness (QED) is 0.190. The third-order valence-electron chi connectivity index (χ3n) is 6.19. The van der Waals surface area contributed by atoms with E-state index in [1.807, 2.05) is 18.2 Å². The molecular weight excluding hydrogens is 499 g/mol. The number of rotatable bonds is 14. The Bertz CT molecular complexity index is 943. The van der Waals surface area contributed by atoms with Gasteiger partial charge in [0.05, 0.1) is 13.2 Å². The average molecular weight is 543 g/mol. The van der Waals surface area contributed by atoms with Gasteiger partial charge in [-0.25, -0.2) is 0 Å². The van der Waals surface area contributed by atoms with Crippen molar-refractivity contribution in [2.75, 3.05) is 27.4 Å². The lowest BCUT2D eigenvalue weighted by molar-refractivity contribution is -0.0290. The van der Waals surface area contributed by atoms with Crippen LogP contribution in [0.15, 0.2) is 91.0 Å². The largest absolute Gasteiger partial charge is 0.647 e. The second-order valence-electron chi connectivity index (χ2n) is 9.98. The fourth-order valence-corrected chi connectivity index (χ4v) is 5.10. The van der Waals surface area contributed by atoms with Gasteiger partial charge in [0.1, 0.15) is 17.2 Å². The van der Waals surface area contributed by atoms with Crippen molar-refractivity contribution in [3.05, 3.63) is 91.0 Å². The van der Waals surface area contributed by atoms with Crippen LogP contribution >= 0.6 is 7.82 Å². The van der Waals surface area contributed by atoms with Crippen molar-refractivity contribution < 1.29 is 27.6 Å². The van der Waals surface area contributed by atoms with Crippen LogP contribution in [0.5, 0.6) is 17.2 Å². The summed E-state index contributed by atoms with van der Waals surface area (Å²) in [6.07, 6.45) is 2.43. The number of para-hydroxylation sites is 3. The van der Waals surface area contributed by atoms with Crippen LogP contribution in [0.2, 0.25) is 0 Å². The number of phosphoric acid groups is 1. The molecule has 208 valence electrons. The van der Waals surface area contributed by atoms with Crippen LogP contribution in [-0.2, 0) is 14.0 Å². The fourth-order valence-electron chi connectivity index (χ4n) is 3.85. The molecule has 3 aromatic carbocycles. The molecule has 7 heteroatoms. The van der Waals surface area contributed by atoms with Crippen LogP contribution in [0.25, 0.3) is 0 Å². The molecule has 0 aliphatic rings. The second kappa shape index (κ2) is 16.2. The van der Waals surface area contributed by atoms with E-state index >= 15 is 0 Å². The molecule has 0 aliphatic carbocycles. The molecule has 0 bridgehead atoms. The zero-order chi connectivity index (χ0) is 27.9. The maximum absolute atomic E-state index is 13.1. The van der Waals surface area contributed by atoms with Crippen molar-refractivity contribution in [1.82, 2.24) is 0 Å². The van der Waals surface area contributed by atoms with Gasteiger partial charge in [-0.2, -0.15) is 4.57 Å². The zero-order valence-corrected chi connectivity index (χ0v) is 24.4. The van der Waals surface area contributed by atoms with E-state index in [1.165, 1.54) is 12.8 Å². The Kier molecular flexibility index (Phi) is 13.4. The molecule has 38 heavy (non-hydrogen) atoms. The van der Waals surface area contributed by atoms with Gasteiger partial charge in [0, 0.05) is 19.6 Å². The molecule has 0 radical (unpaired) electrons. The van der Waals surface area contributed by atoms with E-state index in [-0.39, 0.29) is 5.41 Å². The lowest BCUT2D eigenvalue weighted by Gasteiger charge is -2.37. The molecule has 0 heterocycles. The molecule has 0 aromatic heterocycles. The minimum absolute atomic E-state index is 0.188. The molecule has 0 amide bonds. The molecule has 3 aromatic rings. The van der Waals surface area contributed by atoms with Crippen LogP contribution in [0.1, 0.15) is 40.5 Å². The lowest BCUT2D eigenvalue weighted by Crippen LogP contribution is -2.37. The second-order valence-corrected chi connectivity index (χ2v) is 11.4. The summed E-state index contributed by atoms with van der Waals surface area (Å²) in [6, 6.07) is 26.4.